The Kier molecular flexibility index (Phi) is 8.31. The second-order valence-corrected chi connectivity index (χ2v) is 13.2. The Labute approximate surface area is 259 Å². The van der Waals surface area contributed by atoms with Crippen LogP contribution in [0, 0.1) is 11.3 Å². The first-order valence-electron chi connectivity index (χ1n) is 15.6. The van der Waals surface area contributed by atoms with Gasteiger partial charge in [0.25, 0.3) is 0 Å². The predicted octanol–water partition coefficient (Wildman–Crippen LogP) is 3.99. The van der Waals surface area contributed by atoms with Crippen LogP contribution in [0.2, 0.25) is 0 Å². The third kappa shape index (κ3) is 6.42. The molecule has 1 amide bonds. The summed E-state index contributed by atoms with van der Waals surface area (Å²) in [6, 6.07) is 8.29. The number of ether oxygens (including phenoxy) is 2. The van der Waals surface area contributed by atoms with E-state index in [2.05, 4.69) is 50.7 Å². The van der Waals surface area contributed by atoms with E-state index in [4.69, 9.17) is 14.5 Å². The smallest absolute Gasteiger partial charge is 0.410 e. The van der Waals surface area contributed by atoms with Crippen LogP contribution in [0.3, 0.4) is 0 Å². The summed E-state index contributed by atoms with van der Waals surface area (Å²) in [5.74, 6) is 0.963. The van der Waals surface area contributed by atoms with E-state index in [-0.39, 0.29) is 24.3 Å². The van der Waals surface area contributed by atoms with E-state index in [1.54, 1.807) is 12.4 Å². The highest BCUT2D eigenvalue weighted by Crippen LogP contribution is 2.30. The van der Waals surface area contributed by atoms with Gasteiger partial charge >= 0.3 is 6.09 Å². The number of carbonyl (C=O) groups excluding carboxylic acids is 1. The zero-order valence-electron chi connectivity index (χ0n) is 26.4. The molecule has 3 aliphatic heterocycles. The van der Waals surface area contributed by atoms with E-state index in [1.807, 2.05) is 44.0 Å². The number of nitriles is 1. The fourth-order valence-corrected chi connectivity index (χ4v) is 6.53. The van der Waals surface area contributed by atoms with Crippen LogP contribution < -0.4 is 9.80 Å². The number of aromatic nitrogens is 3. The minimum Gasteiger partial charge on any atom is -0.444 e. The number of hydrogen-bond acceptors (Lipinski definition) is 10. The third-order valence-corrected chi connectivity index (χ3v) is 8.63. The number of morpholine rings is 1. The highest BCUT2D eigenvalue weighted by Gasteiger charge is 2.32. The number of hydrogen-bond donors (Lipinski definition) is 0. The van der Waals surface area contributed by atoms with Crippen molar-refractivity contribution in [3.05, 3.63) is 53.5 Å². The second kappa shape index (κ2) is 12.2. The number of pyridine rings is 1. The first-order chi connectivity index (χ1) is 21.1. The molecule has 0 aliphatic carbocycles. The summed E-state index contributed by atoms with van der Waals surface area (Å²) in [4.78, 5) is 35.7. The molecule has 0 N–H and O–H groups in total. The van der Waals surface area contributed by atoms with Gasteiger partial charge in [-0.15, -0.1) is 0 Å². The number of rotatable bonds is 4. The molecule has 2 fully saturated rings. The average molecular weight is 599 g/mol. The van der Waals surface area contributed by atoms with Crippen LogP contribution in [0.15, 0.2) is 36.8 Å². The SMILES string of the molecule is CC1Cc2cnc(N3CCN(CC4CN(c5ccc(C#N)c6nccnc56)C[C@@H](C)O4)CC3)cc2CN1C(=O)OC(C)(C)C. The molecule has 6 rings (SSSR count). The van der Waals surface area contributed by atoms with Crippen molar-refractivity contribution in [2.75, 3.05) is 55.6 Å². The monoisotopic (exact) mass is 598 g/mol. The van der Waals surface area contributed by atoms with Gasteiger partial charge in [0, 0.05) is 77.0 Å². The molecular formula is C33H42N8O3. The summed E-state index contributed by atoms with van der Waals surface area (Å²) in [7, 11) is 0. The molecule has 3 aromatic rings. The Morgan fingerprint density at radius 1 is 1.02 bits per heavy atom. The van der Waals surface area contributed by atoms with Crippen molar-refractivity contribution in [1.82, 2.24) is 24.8 Å². The molecule has 3 atom stereocenters. The molecule has 5 heterocycles. The van der Waals surface area contributed by atoms with Crippen molar-refractivity contribution in [3.8, 4) is 6.07 Å². The maximum Gasteiger partial charge on any atom is 0.410 e. The number of benzene rings is 1. The maximum absolute atomic E-state index is 12.9. The molecule has 0 saturated carbocycles. The first kappa shape index (κ1) is 30.0. The number of amides is 1. The van der Waals surface area contributed by atoms with Crippen molar-refractivity contribution in [1.29, 1.82) is 5.26 Å². The zero-order valence-corrected chi connectivity index (χ0v) is 26.4. The largest absolute Gasteiger partial charge is 0.444 e. The Morgan fingerprint density at radius 2 is 1.77 bits per heavy atom. The molecule has 11 nitrogen and oxygen atoms in total. The van der Waals surface area contributed by atoms with Crippen molar-refractivity contribution in [3.63, 3.8) is 0 Å². The van der Waals surface area contributed by atoms with E-state index in [0.29, 0.717) is 17.6 Å². The minimum atomic E-state index is -0.522. The van der Waals surface area contributed by atoms with Gasteiger partial charge in [0.15, 0.2) is 0 Å². The fraction of sp³-hybridized carbons (Fsp3) is 0.545. The van der Waals surface area contributed by atoms with Crippen molar-refractivity contribution >= 4 is 28.6 Å². The number of carbonyl (C=O) groups is 1. The molecule has 44 heavy (non-hydrogen) atoms. The summed E-state index contributed by atoms with van der Waals surface area (Å²) < 4.78 is 12.1. The maximum atomic E-state index is 12.9. The molecule has 11 heteroatoms. The molecule has 0 spiro atoms. The third-order valence-electron chi connectivity index (χ3n) is 8.63. The van der Waals surface area contributed by atoms with Gasteiger partial charge in [0.05, 0.1) is 23.5 Å². The molecule has 3 aliphatic rings. The lowest BCUT2D eigenvalue weighted by Crippen LogP contribution is -2.54. The molecular weight excluding hydrogens is 556 g/mol. The van der Waals surface area contributed by atoms with Crippen LogP contribution in [0.25, 0.3) is 11.0 Å². The van der Waals surface area contributed by atoms with E-state index >= 15 is 0 Å². The van der Waals surface area contributed by atoms with Gasteiger partial charge < -0.3 is 24.2 Å². The summed E-state index contributed by atoms with van der Waals surface area (Å²) in [5.41, 5.74) is 4.76. The van der Waals surface area contributed by atoms with Crippen LogP contribution in [0.4, 0.5) is 16.3 Å². The molecule has 0 radical (unpaired) electrons. The number of nitrogens with zero attached hydrogens (tertiary/aromatic N) is 8. The van der Waals surface area contributed by atoms with Crippen molar-refractivity contribution in [2.45, 2.75) is 71.4 Å². The van der Waals surface area contributed by atoms with Crippen LogP contribution in [-0.4, -0.2) is 101 Å². The van der Waals surface area contributed by atoms with E-state index in [1.165, 1.54) is 5.56 Å². The lowest BCUT2D eigenvalue weighted by molar-refractivity contribution is -0.0327. The molecule has 2 aromatic heterocycles. The van der Waals surface area contributed by atoms with Gasteiger partial charge in [-0.25, -0.2) is 9.78 Å². The van der Waals surface area contributed by atoms with Gasteiger partial charge in [0.2, 0.25) is 0 Å². The van der Waals surface area contributed by atoms with Crippen LogP contribution in [0.5, 0.6) is 0 Å². The van der Waals surface area contributed by atoms with E-state index < -0.39 is 5.60 Å². The lowest BCUT2D eigenvalue weighted by atomic mass is 9.97. The van der Waals surface area contributed by atoms with Gasteiger partial charge in [0.1, 0.15) is 28.5 Å². The molecule has 0 bridgehead atoms. The molecule has 1 aromatic carbocycles. The Balaban J connectivity index is 1.08. The molecule has 2 unspecified atom stereocenters. The van der Waals surface area contributed by atoms with Crippen LogP contribution in [0.1, 0.15) is 51.3 Å². The standard InChI is InChI=1S/C33H42N8O3/c1-22-14-25-17-37-29(15-26(25)19-41(22)32(42)44-33(3,4)5)39-12-10-38(11-13-39)20-27-21-40(18-23(2)43-27)28-7-6-24(16-34)30-31(28)36-9-8-35-30/h6-9,15,17,22-23,27H,10-14,18-21H2,1-5H3/t22?,23-,27?/m1/s1. The van der Waals surface area contributed by atoms with Crippen molar-refractivity contribution in [2.24, 2.45) is 0 Å². The van der Waals surface area contributed by atoms with E-state index in [9.17, 15) is 10.1 Å². The average Bonchev–Trinajstić information content (AvgIpc) is 2.99. The van der Waals surface area contributed by atoms with Gasteiger partial charge in [-0.05, 0) is 70.4 Å². The van der Waals surface area contributed by atoms with Gasteiger partial charge in [-0.2, -0.15) is 5.26 Å². The molecule has 232 valence electrons. The van der Waals surface area contributed by atoms with Gasteiger partial charge in [-0.3, -0.25) is 14.9 Å². The highest BCUT2D eigenvalue weighted by atomic mass is 16.6. The minimum absolute atomic E-state index is 0.0513. The Morgan fingerprint density at radius 3 is 2.50 bits per heavy atom. The van der Waals surface area contributed by atoms with E-state index in [0.717, 1.165) is 74.8 Å². The number of fused-ring (bicyclic) bond motifs is 2. The highest BCUT2D eigenvalue weighted by molar-refractivity contribution is 5.92. The Bertz CT molecular complexity index is 1560. The first-order valence-corrected chi connectivity index (χ1v) is 15.6. The number of piperazine rings is 1. The zero-order chi connectivity index (χ0) is 31.0. The van der Waals surface area contributed by atoms with Crippen molar-refractivity contribution < 1.29 is 14.3 Å². The summed E-state index contributed by atoms with van der Waals surface area (Å²) >= 11 is 0. The molecule has 2 saturated heterocycles. The summed E-state index contributed by atoms with van der Waals surface area (Å²) in [6.45, 7) is 16.4. The Hall–Kier alpha value is -4.01. The summed E-state index contributed by atoms with van der Waals surface area (Å²) in [5, 5.41) is 9.54. The second-order valence-electron chi connectivity index (χ2n) is 13.2. The fourth-order valence-electron chi connectivity index (χ4n) is 6.53. The normalized spacial score (nSPS) is 22.9. The topological polar surface area (TPSA) is 111 Å². The number of anilines is 2. The van der Waals surface area contributed by atoms with Crippen LogP contribution >= 0.6 is 0 Å². The lowest BCUT2D eigenvalue weighted by Gasteiger charge is -2.42. The van der Waals surface area contributed by atoms with Gasteiger partial charge in [-0.1, -0.05) is 0 Å². The van der Waals surface area contributed by atoms with Crippen LogP contribution in [-0.2, 0) is 22.4 Å². The predicted molar refractivity (Wildman–Crippen MR) is 169 cm³/mol. The summed E-state index contributed by atoms with van der Waals surface area (Å²) in [6.07, 6.45) is 5.94. The quantitative estimate of drug-likeness (QED) is 0.437.